The summed E-state index contributed by atoms with van der Waals surface area (Å²) in [6.07, 6.45) is 3.13. The van der Waals surface area contributed by atoms with Crippen molar-refractivity contribution in [2.75, 3.05) is 6.61 Å². The number of hydrogen-bond donors (Lipinski definition) is 0. The largest absolute Gasteiger partial charge is 0.377 e. The van der Waals surface area contributed by atoms with Crippen LogP contribution in [0.5, 0.6) is 0 Å². The molecule has 82 valence electrons. The first-order valence-electron chi connectivity index (χ1n) is 5.67. The van der Waals surface area contributed by atoms with Crippen molar-refractivity contribution < 1.29 is 9.47 Å². The molecule has 2 unspecified atom stereocenters. The average molecular weight is 206 g/mol. The second kappa shape index (κ2) is 5.29. The topological polar surface area (TPSA) is 21.8 Å². The standard InChI is InChI=1S/C13H18O2/c1-2-12-13(15-12)8-9-14-10-11-6-4-3-5-7-11/h3-7,12-13H,2,8-10H2,1H3. The maximum Gasteiger partial charge on any atom is 0.0863 e. The van der Waals surface area contributed by atoms with Gasteiger partial charge >= 0.3 is 0 Å². The zero-order chi connectivity index (χ0) is 10.5. The molecule has 15 heavy (non-hydrogen) atoms. The van der Waals surface area contributed by atoms with E-state index in [0.717, 1.165) is 19.4 Å². The predicted octanol–water partition coefficient (Wildman–Crippen LogP) is 2.77. The van der Waals surface area contributed by atoms with Crippen LogP contribution in [0.4, 0.5) is 0 Å². The minimum Gasteiger partial charge on any atom is -0.377 e. The van der Waals surface area contributed by atoms with Gasteiger partial charge in [-0.1, -0.05) is 37.3 Å². The van der Waals surface area contributed by atoms with E-state index in [9.17, 15) is 0 Å². The molecular weight excluding hydrogens is 188 g/mol. The van der Waals surface area contributed by atoms with Gasteiger partial charge in [0.05, 0.1) is 18.8 Å². The Balaban J connectivity index is 1.56. The van der Waals surface area contributed by atoms with Gasteiger partial charge in [-0.2, -0.15) is 0 Å². The molecule has 0 amide bonds. The quantitative estimate of drug-likeness (QED) is 0.527. The number of benzene rings is 1. The molecule has 1 heterocycles. The van der Waals surface area contributed by atoms with Crippen LogP contribution in [-0.4, -0.2) is 18.8 Å². The van der Waals surface area contributed by atoms with E-state index in [1.165, 1.54) is 5.56 Å². The summed E-state index contributed by atoms with van der Waals surface area (Å²) >= 11 is 0. The van der Waals surface area contributed by atoms with E-state index in [1.807, 2.05) is 18.2 Å². The summed E-state index contributed by atoms with van der Waals surface area (Å²) in [4.78, 5) is 0. The van der Waals surface area contributed by atoms with Crippen LogP contribution in [0.1, 0.15) is 25.3 Å². The Morgan fingerprint density at radius 1 is 1.20 bits per heavy atom. The fourth-order valence-electron chi connectivity index (χ4n) is 1.76. The molecule has 0 aliphatic carbocycles. The van der Waals surface area contributed by atoms with Crippen LogP contribution < -0.4 is 0 Å². The molecule has 0 spiro atoms. The summed E-state index contributed by atoms with van der Waals surface area (Å²) in [5, 5.41) is 0. The van der Waals surface area contributed by atoms with Crippen molar-refractivity contribution in [1.29, 1.82) is 0 Å². The minimum absolute atomic E-state index is 0.464. The summed E-state index contributed by atoms with van der Waals surface area (Å²) in [5.74, 6) is 0. The minimum atomic E-state index is 0.464. The number of epoxide rings is 1. The van der Waals surface area contributed by atoms with Gasteiger partial charge in [0.15, 0.2) is 0 Å². The highest BCUT2D eigenvalue weighted by Gasteiger charge is 2.35. The second-order valence-electron chi connectivity index (χ2n) is 3.95. The molecule has 1 aromatic carbocycles. The highest BCUT2D eigenvalue weighted by atomic mass is 16.6. The molecule has 2 nitrogen and oxygen atoms in total. The molecule has 2 atom stereocenters. The fourth-order valence-corrected chi connectivity index (χ4v) is 1.76. The lowest BCUT2D eigenvalue weighted by atomic mass is 10.2. The van der Waals surface area contributed by atoms with E-state index in [2.05, 4.69) is 19.1 Å². The van der Waals surface area contributed by atoms with Crippen molar-refractivity contribution in [2.45, 2.75) is 38.6 Å². The number of rotatable bonds is 6. The monoisotopic (exact) mass is 206 g/mol. The molecule has 1 aromatic rings. The summed E-state index contributed by atoms with van der Waals surface area (Å²) in [5.41, 5.74) is 1.24. The van der Waals surface area contributed by atoms with Gasteiger partial charge < -0.3 is 9.47 Å². The van der Waals surface area contributed by atoms with E-state index in [4.69, 9.17) is 9.47 Å². The van der Waals surface area contributed by atoms with Gasteiger partial charge in [0, 0.05) is 6.61 Å². The first kappa shape index (κ1) is 10.7. The van der Waals surface area contributed by atoms with Gasteiger partial charge in [0.1, 0.15) is 0 Å². The van der Waals surface area contributed by atoms with Crippen LogP contribution in [0.2, 0.25) is 0 Å². The van der Waals surface area contributed by atoms with Gasteiger partial charge in [0.25, 0.3) is 0 Å². The molecular formula is C13H18O2. The molecule has 2 rings (SSSR count). The van der Waals surface area contributed by atoms with Crippen molar-refractivity contribution in [2.24, 2.45) is 0 Å². The lowest BCUT2D eigenvalue weighted by molar-refractivity contribution is 0.113. The SMILES string of the molecule is CCC1OC1CCOCc1ccccc1. The second-order valence-corrected chi connectivity index (χ2v) is 3.95. The Labute approximate surface area is 91.2 Å². The van der Waals surface area contributed by atoms with E-state index in [1.54, 1.807) is 0 Å². The normalized spacial score (nSPS) is 24.1. The summed E-state index contributed by atoms with van der Waals surface area (Å²) in [6, 6.07) is 10.3. The Hall–Kier alpha value is -0.860. The molecule has 2 heteroatoms. The van der Waals surface area contributed by atoms with Crippen molar-refractivity contribution in [3.8, 4) is 0 Å². The van der Waals surface area contributed by atoms with Gasteiger partial charge in [-0.15, -0.1) is 0 Å². The molecule has 0 aromatic heterocycles. The van der Waals surface area contributed by atoms with Crippen molar-refractivity contribution in [1.82, 2.24) is 0 Å². The molecule has 1 saturated heterocycles. The molecule has 1 aliphatic rings. The first-order chi connectivity index (χ1) is 7.40. The summed E-state index contributed by atoms with van der Waals surface area (Å²) < 4.78 is 11.0. The summed E-state index contributed by atoms with van der Waals surface area (Å²) in [6.45, 7) is 3.68. The van der Waals surface area contributed by atoms with Crippen LogP contribution in [0.25, 0.3) is 0 Å². The smallest absolute Gasteiger partial charge is 0.0863 e. The van der Waals surface area contributed by atoms with Crippen LogP contribution >= 0.6 is 0 Å². The van der Waals surface area contributed by atoms with Gasteiger partial charge in [-0.25, -0.2) is 0 Å². The van der Waals surface area contributed by atoms with E-state index in [0.29, 0.717) is 18.8 Å². The van der Waals surface area contributed by atoms with Crippen LogP contribution in [0.3, 0.4) is 0 Å². The third-order valence-corrected chi connectivity index (χ3v) is 2.75. The third-order valence-electron chi connectivity index (χ3n) is 2.75. The van der Waals surface area contributed by atoms with Crippen LogP contribution in [0, 0.1) is 0 Å². The highest BCUT2D eigenvalue weighted by molar-refractivity contribution is 5.13. The van der Waals surface area contributed by atoms with Crippen LogP contribution in [0.15, 0.2) is 30.3 Å². The van der Waals surface area contributed by atoms with Gasteiger partial charge in [0.2, 0.25) is 0 Å². The van der Waals surface area contributed by atoms with Gasteiger partial charge in [-0.05, 0) is 18.4 Å². The number of ether oxygens (including phenoxy) is 2. The highest BCUT2D eigenvalue weighted by Crippen LogP contribution is 2.27. The Kier molecular flexibility index (Phi) is 3.75. The zero-order valence-electron chi connectivity index (χ0n) is 9.19. The Morgan fingerprint density at radius 2 is 2.00 bits per heavy atom. The van der Waals surface area contributed by atoms with E-state index in [-0.39, 0.29) is 0 Å². The predicted molar refractivity (Wildman–Crippen MR) is 59.7 cm³/mol. The van der Waals surface area contributed by atoms with E-state index < -0.39 is 0 Å². The first-order valence-corrected chi connectivity index (χ1v) is 5.67. The molecule has 0 saturated carbocycles. The lowest BCUT2D eigenvalue weighted by Gasteiger charge is -2.02. The zero-order valence-corrected chi connectivity index (χ0v) is 9.19. The fraction of sp³-hybridized carbons (Fsp3) is 0.538. The molecule has 0 bridgehead atoms. The van der Waals surface area contributed by atoms with Crippen molar-refractivity contribution in [3.63, 3.8) is 0 Å². The average Bonchev–Trinajstić information content (AvgIpc) is 3.05. The Bertz CT molecular complexity index is 284. The summed E-state index contributed by atoms with van der Waals surface area (Å²) in [7, 11) is 0. The third kappa shape index (κ3) is 3.33. The van der Waals surface area contributed by atoms with Crippen molar-refractivity contribution >= 4 is 0 Å². The van der Waals surface area contributed by atoms with Crippen molar-refractivity contribution in [3.05, 3.63) is 35.9 Å². The maximum atomic E-state index is 5.58. The van der Waals surface area contributed by atoms with Crippen LogP contribution in [-0.2, 0) is 16.1 Å². The lowest BCUT2D eigenvalue weighted by Crippen LogP contribution is -2.01. The molecule has 1 aliphatic heterocycles. The van der Waals surface area contributed by atoms with Gasteiger partial charge in [-0.3, -0.25) is 0 Å². The number of hydrogen-bond acceptors (Lipinski definition) is 2. The maximum absolute atomic E-state index is 5.58. The molecule has 1 fully saturated rings. The van der Waals surface area contributed by atoms with E-state index >= 15 is 0 Å². The molecule has 0 radical (unpaired) electrons. The molecule has 0 N–H and O–H groups in total. The Morgan fingerprint density at radius 3 is 2.67 bits per heavy atom.